The van der Waals surface area contributed by atoms with Gasteiger partial charge >= 0.3 is 0 Å². The molecule has 1 fully saturated rings. The molecule has 0 aliphatic heterocycles. The van der Waals surface area contributed by atoms with Gasteiger partial charge in [0.15, 0.2) is 0 Å². The molecule has 104 valence electrons. The van der Waals surface area contributed by atoms with E-state index in [0.29, 0.717) is 28.4 Å². The molecule has 1 aromatic carbocycles. The topological polar surface area (TPSA) is 28.7 Å². The standard InChI is InChI=1S/C14H11BrClFN2S/c15-11-13(7-4-5-7)18-10(19-14(11)20)6-8-2-1-3-9(16)12(8)17/h1-3,7H,4-6H2,(H,18,19,20). The average Bonchev–Trinajstić information content (AvgIpc) is 3.23. The smallest absolute Gasteiger partial charge is 0.145 e. The molecule has 6 heteroatoms. The fourth-order valence-corrected chi connectivity index (χ4v) is 3.05. The number of hydrogen-bond donors (Lipinski definition) is 1. The normalized spacial score (nSPS) is 14.6. The summed E-state index contributed by atoms with van der Waals surface area (Å²) in [5.74, 6) is 0.782. The van der Waals surface area contributed by atoms with Crippen molar-refractivity contribution in [3.63, 3.8) is 0 Å². The number of hydrogen-bond acceptors (Lipinski definition) is 2. The average molecular weight is 374 g/mol. The quantitative estimate of drug-likeness (QED) is 0.753. The van der Waals surface area contributed by atoms with E-state index >= 15 is 0 Å². The van der Waals surface area contributed by atoms with Gasteiger partial charge in [-0.05, 0) is 40.4 Å². The lowest BCUT2D eigenvalue weighted by molar-refractivity contribution is 0.612. The largest absolute Gasteiger partial charge is 0.346 e. The summed E-state index contributed by atoms with van der Waals surface area (Å²) in [6, 6.07) is 4.97. The van der Waals surface area contributed by atoms with Crippen LogP contribution in [0.4, 0.5) is 4.39 Å². The Morgan fingerprint density at radius 3 is 2.90 bits per heavy atom. The molecule has 1 aliphatic rings. The monoisotopic (exact) mass is 372 g/mol. The molecule has 3 rings (SSSR count). The third kappa shape index (κ3) is 2.80. The van der Waals surface area contributed by atoms with E-state index in [1.807, 2.05) is 0 Å². The Morgan fingerprint density at radius 2 is 2.20 bits per heavy atom. The van der Waals surface area contributed by atoms with E-state index in [-0.39, 0.29) is 5.02 Å². The predicted molar refractivity (Wildman–Crippen MR) is 83.3 cm³/mol. The van der Waals surface area contributed by atoms with Crippen LogP contribution in [0.3, 0.4) is 0 Å². The second-order valence-corrected chi connectivity index (χ2v) is 6.47. The van der Waals surface area contributed by atoms with Crippen LogP contribution in [-0.4, -0.2) is 9.97 Å². The van der Waals surface area contributed by atoms with Crippen LogP contribution in [0.25, 0.3) is 0 Å². The maximum absolute atomic E-state index is 13.9. The van der Waals surface area contributed by atoms with Crippen LogP contribution in [0, 0.1) is 10.5 Å². The summed E-state index contributed by atoms with van der Waals surface area (Å²) < 4.78 is 15.3. The number of aromatic amines is 1. The lowest BCUT2D eigenvalue weighted by Crippen LogP contribution is -2.03. The summed E-state index contributed by atoms with van der Waals surface area (Å²) in [5.41, 5.74) is 1.59. The van der Waals surface area contributed by atoms with Gasteiger partial charge in [0, 0.05) is 18.0 Å². The first kappa shape index (κ1) is 14.2. The van der Waals surface area contributed by atoms with Gasteiger partial charge in [0.2, 0.25) is 0 Å². The Bertz CT molecular complexity index is 728. The minimum atomic E-state index is -0.397. The number of rotatable bonds is 3. The minimum Gasteiger partial charge on any atom is -0.346 e. The third-order valence-electron chi connectivity index (χ3n) is 3.31. The molecule has 2 nitrogen and oxygen atoms in total. The summed E-state index contributed by atoms with van der Waals surface area (Å²) >= 11 is 14.5. The molecular formula is C14H11BrClFN2S. The van der Waals surface area contributed by atoms with E-state index in [4.69, 9.17) is 23.8 Å². The maximum Gasteiger partial charge on any atom is 0.145 e. The Balaban J connectivity index is 1.99. The number of benzene rings is 1. The number of aromatic nitrogens is 2. The van der Waals surface area contributed by atoms with Crippen molar-refractivity contribution >= 4 is 39.7 Å². The Kier molecular flexibility index (Phi) is 3.93. The molecule has 1 aliphatic carbocycles. The summed E-state index contributed by atoms with van der Waals surface area (Å²) in [6.07, 6.45) is 2.65. The van der Waals surface area contributed by atoms with Gasteiger partial charge in [0.05, 0.1) is 9.50 Å². The zero-order valence-electron chi connectivity index (χ0n) is 10.4. The van der Waals surface area contributed by atoms with Gasteiger partial charge in [-0.1, -0.05) is 36.0 Å². The van der Waals surface area contributed by atoms with Gasteiger partial charge < -0.3 is 4.98 Å². The van der Waals surface area contributed by atoms with E-state index in [2.05, 4.69) is 25.9 Å². The molecule has 20 heavy (non-hydrogen) atoms. The number of nitrogens with one attached hydrogen (secondary N) is 1. The van der Waals surface area contributed by atoms with Crippen LogP contribution in [0.15, 0.2) is 22.7 Å². The molecule has 1 aromatic heterocycles. The van der Waals surface area contributed by atoms with Crippen LogP contribution < -0.4 is 0 Å². The molecule has 1 saturated carbocycles. The maximum atomic E-state index is 13.9. The number of halogens is 3. The fraction of sp³-hybridized carbons (Fsp3) is 0.286. The second-order valence-electron chi connectivity index (χ2n) is 4.88. The molecule has 0 unspecified atom stereocenters. The van der Waals surface area contributed by atoms with E-state index < -0.39 is 5.82 Å². The summed E-state index contributed by atoms with van der Waals surface area (Å²) in [4.78, 5) is 7.59. The van der Waals surface area contributed by atoms with E-state index in [1.165, 1.54) is 6.07 Å². The zero-order valence-corrected chi connectivity index (χ0v) is 13.6. The third-order valence-corrected chi connectivity index (χ3v) is 4.97. The van der Waals surface area contributed by atoms with E-state index in [1.54, 1.807) is 12.1 Å². The SMILES string of the molecule is Fc1c(Cl)cccc1Cc1nc(=S)c(Br)c(C2CC2)[nH]1. The van der Waals surface area contributed by atoms with Crippen molar-refractivity contribution < 1.29 is 4.39 Å². The van der Waals surface area contributed by atoms with Crippen molar-refractivity contribution in [3.8, 4) is 0 Å². The molecule has 0 spiro atoms. The predicted octanol–water partition coefficient (Wildman–Crippen LogP) is 5.16. The molecule has 1 heterocycles. The Hall–Kier alpha value is -0.780. The molecule has 0 bridgehead atoms. The highest BCUT2D eigenvalue weighted by atomic mass is 79.9. The van der Waals surface area contributed by atoms with Crippen molar-refractivity contribution in [2.24, 2.45) is 0 Å². The van der Waals surface area contributed by atoms with E-state index in [0.717, 1.165) is 23.0 Å². The van der Waals surface area contributed by atoms with Crippen LogP contribution >= 0.6 is 39.7 Å². The van der Waals surface area contributed by atoms with Gasteiger partial charge in [0.25, 0.3) is 0 Å². The van der Waals surface area contributed by atoms with Crippen LogP contribution in [0.2, 0.25) is 5.02 Å². The summed E-state index contributed by atoms with van der Waals surface area (Å²) in [6.45, 7) is 0. The molecule has 0 saturated heterocycles. The molecular weight excluding hydrogens is 363 g/mol. The zero-order chi connectivity index (χ0) is 14.3. The first-order valence-electron chi connectivity index (χ1n) is 6.27. The molecule has 0 radical (unpaired) electrons. The fourth-order valence-electron chi connectivity index (χ4n) is 2.13. The van der Waals surface area contributed by atoms with Gasteiger partial charge in [-0.15, -0.1) is 0 Å². The van der Waals surface area contributed by atoms with Crippen LogP contribution in [-0.2, 0) is 6.42 Å². The van der Waals surface area contributed by atoms with E-state index in [9.17, 15) is 4.39 Å². The first-order chi connectivity index (χ1) is 9.56. The van der Waals surface area contributed by atoms with Crippen molar-refractivity contribution in [2.75, 3.05) is 0 Å². The Morgan fingerprint density at radius 1 is 1.45 bits per heavy atom. The molecule has 0 atom stereocenters. The van der Waals surface area contributed by atoms with Crippen LogP contribution in [0.1, 0.15) is 35.8 Å². The van der Waals surface area contributed by atoms with Gasteiger partial charge in [0.1, 0.15) is 16.3 Å². The second kappa shape index (κ2) is 5.54. The lowest BCUT2D eigenvalue weighted by atomic mass is 10.1. The van der Waals surface area contributed by atoms with Crippen LogP contribution in [0.5, 0.6) is 0 Å². The lowest BCUT2D eigenvalue weighted by Gasteiger charge is -2.09. The highest BCUT2D eigenvalue weighted by Crippen LogP contribution is 2.42. The van der Waals surface area contributed by atoms with Gasteiger partial charge in [-0.2, -0.15) is 0 Å². The molecule has 2 aromatic rings. The highest BCUT2D eigenvalue weighted by molar-refractivity contribution is 9.10. The number of nitrogens with zero attached hydrogens (tertiary/aromatic N) is 1. The first-order valence-corrected chi connectivity index (χ1v) is 7.85. The number of H-pyrrole nitrogens is 1. The van der Waals surface area contributed by atoms with Crippen molar-refractivity contribution in [1.29, 1.82) is 0 Å². The minimum absolute atomic E-state index is 0.126. The molecule has 0 amide bonds. The van der Waals surface area contributed by atoms with Crippen molar-refractivity contribution in [2.45, 2.75) is 25.2 Å². The highest BCUT2D eigenvalue weighted by Gasteiger charge is 2.27. The molecule has 1 N–H and O–H groups in total. The van der Waals surface area contributed by atoms with Crippen molar-refractivity contribution in [1.82, 2.24) is 9.97 Å². The summed E-state index contributed by atoms with van der Waals surface area (Å²) in [5, 5.41) is 0.126. The Labute approximate surface area is 134 Å². The van der Waals surface area contributed by atoms with Crippen molar-refractivity contribution in [3.05, 3.63) is 55.2 Å². The van der Waals surface area contributed by atoms with Gasteiger partial charge in [-0.25, -0.2) is 9.37 Å². The summed E-state index contributed by atoms with van der Waals surface area (Å²) in [7, 11) is 0. The van der Waals surface area contributed by atoms with Gasteiger partial charge in [-0.3, -0.25) is 0 Å².